The first kappa shape index (κ1) is 8.48. The fourth-order valence-corrected chi connectivity index (χ4v) is 0.918. The van der Waals surface area contributed by atoms with Crippen LogP contribution in [-0.2, 0) is 0 Å². The molecule has 60 valence electrons. The van der Waals surface area contributed by atoms with Crippen LogP contribution in [0.4, 0.5) is 4.39 Å². The van der Waals surface area contributed by atoms with Crippen molar-refractivity contribution in [3.8, 4) is 6.07 Å². The quantitative estimate of drug-likeness (QED) is 0.581. The molecule has 1 aromatic rings. The van der Waals surface area contributed by atoms with E-state index in [2.05, 4.69) is 0 Å². The van der Waals surface area contributed by atoms with Crippen molar-refractivity contribution in [2.24, 2.45) is 0 Å². The maximum atomic E-state index is 12.7. The number of hydrogen-bond donors (Lipinski definition) is 0. The number of nitrogens with zero attached hydrogens (tertiary/aromatic N) is 1. The van der Waals surface area contributed by atoms with Crippen LogP contribution in [0.15, 0.2) is 24.3 Å². The van der Waals surface area contributed by atoms with Gasteiger partial charge in [0.2, 0.25) is 0 Å². The zero-order chi connectivity index (χ0) is 8.97. The second kappa shape index (κ2) is 3.68. The predicted molar refractivity (Wildman–Crippen MR) is 45.8 cm³/mol. The molecule has 0 radical (unpaired) electrons. The van der Waals surface area contributed by atoms with Crippen LogP contribution in [0.3, 0.4) is 0 Å². The normalized spacial score (nSPS) is 10.1. The van der Waals surface area contributed by atoms with E-state index in [-0.39, 0.29) is 5.82 Å². The Hall–Kier alpha value is -1.62. The van der Waals surface area contributed by atoms with Crippen molar-refractivity contribution in [1.29, 1.82) is 5.26 Å². The summed E-state index contributed by atoms with van der Waals surface area (Å²) in [5.41, 5.74) is 1.71. The number of nitriles is 1. The van der Waals surface area contributed by atoms with Gasteiger partial charge >= 0.3 is 0 Å². The molecule has 0 spiro atoms. The molecule has 0 fully saturated rings. The van der Waals surface area contributed by atoms with E-state index < -0.39 is 0 Å². The molecule has 2 heteroatoms. The van der Waals surface area contributed by atoms with E-state index in [1.54, 1.807) is 12.1 Å². The average molecular weight is 161 g/mol. The Morgan fingerprint density at radius 1 is 1.50 bits per heavy atom. The first-order valence-corrected chi connectivity index (χ1v) is 3.56. The summed E-state index contributed by atoms with van der Waals surface area (Å²) in [5.74, 6) is -0.279. The zero-order valence-electron chi connectivity index (χ0n) is 6.71. The topological polar surface area (TPSA) is 23.8 Å². The van der Waals surface area contributed by atoms with Crippen LogP contribution in [0, 0.1) is 24.1 Å². The lowest BCUT2D eigenvalue weighted by Gasteiger charge is -1.97. The highest BCUT2D eigenvalue weighted by atomic mass is 19.1. The van der Waals surface area contributed by atoms with Gasteiger partial charge in [-0.15, -0.1) is 0 Å². The van der Waals surface area contributed by atoms with Crippen LogP contribution in [0.25, 0.3) is 6.08 Å². The molecular weight excluding hydrogens is 153 g/mol. The van der Waals surface area contributed by atoms with E-state index in [4.69, 9.17) is 5.26 Å². The van der Waals surface area contributed by atoms with Gasteiger partial charge in [0.05, 0.1) is 6.07 Å². The molecule has 0 saturated carbocycles. The summed E-state index contributed by atoms with van der Waals surface area (Å²) >= 11 is 0. The number of aryl methyl sites for hydroxylation is 1. The lowest BCUT2D eigenvalue weighted by molar-refractivity contribution is 0.627. The molecule has 0 saturated heterocycles. The van der Waals surface area contributed by atoms with Gasteiger partial charge in [0.15, 0.2) is 0 Å². The largest absolute Gasteiger partial charge is 0.207 e. The number of rotatable bonds is 1. The van der Waals surface area contributed by atoms with Crippen molar-refractivity contribution in [3.63, 3.8) is 0 Å². The Morgan fingerprint density at radius 3 is 2.92 bits per heavy atom. The van der Waals surface area contributed by atoms with Gasteiger partial charge < -0.3 is 0 Å². The molecule has 1 rings (SSSR count). The summed E-state index contributed by atoms with van der Waals surface area (Å²) in [6.07, 6.45) is 2.93. The van der Waals surface area contributed by atoms with Crippen molar-refractivity contribution in [2.75, 3.05) is 0 Å². The van der Waals surface area contributed by atoms with Gasteiger partial charge in [-0.05, 0) is 36.3 Å². The van der Waals surface area contributed by atoms with Crippen molar-refractivity contribution in [1.82, 2.24) is 0 Å². The maximum absolute atomic E-state index is 12.7. The number of allylic oxidation sites excluding steroid dienone is 1. The second-order valence-corrected chi connectivity index (χ2v) is 2.46. The van der Waals surface area contributed by atoms with Gasteiger partial charge in [-0.25, -0.2) is 4.39 Å². The van der Waals surface area contributed by atoms with Gasteiger partial charge in [-0.1, -0.05) is 6.07 Å². The Kier molecular flexibility index (Phi) is 2.60. The lowest BCUT2D eigenvalue weighted by atomic mass is 10.1. The summed E-state index contributed by atoms with van der Waals surface area (Å²) in [6, 6.07) is 6.35. The smallest absolute Gasteiger partial charge is 0.123 e. The molecule has 0 aliphatic rings. The van der Waals surface area contributed by atoms with Crippen LogP contribution < -0.4 is 0 Å². The van der Waals surface area contributed by atoms with Crippen molar-refractivity contribution in [2.45, 2.75) is 6.92 Å². The van der Waals surface area contributed by atoms with E-state index in [0.717, 1.165) is 11.1 Å². The summed E-state index contributed by atoms with van der Waals surface area (Å²) in [6.45, 7) is 1.87. The summed E-state index contributed by atoms with van der Waals surface area (Å²) < 4.78 is 12.7. The highest BCUT2D eigenvalue weighted by Crippen LogP contribution is 2.11. The third-order valence-electron chi connectivity index (χ3n) is 1.58. The summed E-state index contributed by atoms with van der Waals surface area (Å²) in [7, 11) is 0. The molecule has 0 atom stereocenters. The molecule has 12 heavy (non-hydrogen) atoms. The zero-order valence-corrected chi connectivity index (χ0v) is 6.71. The van der Waals surface area contributed by atoms with Crippen LogP contribution in [0.5, 0.6) is 0 Å². The van der Waals surface area contributed by atoms with Crippen LogP contribution in [-0.4, -0.2) is 0 Å². The molecule has 0 amide bonds. The molecular formula is C10H8FN. The van der Waals surface area contributed by atoms with Gasteiger partial charge in [0, 0.05) is 6.08 Å². The SMILES string of the molecule is Cc1ccc(F)cc1C=CC#N. The fraction of sp³-hybridized carbons (Fsp3) is 0.100. The first-order chi connectivity index (χ1) is 5.74. The molecule has 1 aromatic carbocycles. The van der Waals surface area contributed by atoms with E-state index in [9.17, 15) is 4.39 Å². The Bertz CT molecular complexity index is 347. The lowest BCUT2D eigenvalue weighted by Crippen LogP contribution is -1.81. The Balaban J connectivity index is 3.07. The van der Waals surface area contributed by atoms with Crippen molar-refractivity contribution >= 4 is 6.08 Å². The van der Waals surface area contributed by atoms with Gasteiger partial charge in [0.25, 0.3) is 0 Å². The third kappa shape index (κ3) is 1.93. The molecule has 0 aliphatic heterocycles. The molecule has 0 heterocycles. The third-order valence-corrected chi connectivity index (χ3v) is 1.58. The summed E-state index contributed by atoms with van der Waals surface area (Å²) in [4.78, 5) is 0. The highest BCUT2D eigenvalue weighted by molar-refractivity contribution is 5.55. The highest BCUT2D eigenvalue weighted by Gasteiger charge is 1.95. The van der Waals surface area contributed by atoms with Crippen molar-refractivity contribution in [3.05, 3.63) is 41.2 Å². The fourth-order valence-electron chi connectivity index (χ4n) is 0.918. The molecule has 0 unspecified atom stereocenters. The average Bonchev–Trinajstić information content (AvgIpc) is 2.07. The summed E-state index contributed by atoms with van der Waals surface area (Å²) in [5, 5.41) is 8.26. The van der Waals surface area contributed by atoms with E-state index in [0.29, 0.717) is 0 Å². The van der Waals surface area contributed by atoms with Crippen LogP contribution in [0.1, 0.15) is 11.1 Å². The minimum atomic E-state index is -0.279. The van der Waals surface area contributed by atoms with E-state index in [1.807, 2.05) is 13.0 Å². The minimum absolute atomic E-state index is 0.279. The number of halogens is 1. The van der Waals surface area contributed by atoms with Gasteiger partial charge in [-0.2, -0.15) is 5.26 Å². The molecule has 0 N–H and O–H groups in total. The maximum Gasteiger partial charge on any atom is 0.123 e. The van der Waals surface area contributed by atoms with Crippen LogP contribution >= 0.6 is 0 Å². The minimum Gasteiger partial charge on any atom is -0.207 e. The van der Waals surface area contributed by atoms with Crippen molar-refractivity contribution < 1.29 is 4.39 Å². The molecule has 1 nitrogen and oxygen atoms in total. The monoisotopic (exact) mass is 161 g/mol. The van der Waals surface area contributed by atoms with Gasteiger partial charge in [0.1, 0.15) is 5.82 Å². The Morgan fingerprint density at radius 2 is 2.25 bits per heavy atom. The number of benzene rings is 1. The second-order valence-electron chi connectivity index (χ2n) is 2.46. The predicted octanol–water partition coefficient (Wildman–Crippen LogP) is 2.67. The molecule has 0 aliphatic carbocycles. The van der Waals surface area contributed by atoms with Gasteiger partial charge in [-0.3, -0.25) is 0 Å². The van der Waals surface area contributed by atoms with E-state index in [1.165, 1.54) is 18.2 Å². The molecule has 0 bridgehead atoms. The first-order valence-electron chi connectivity index (χ1n) is 3.56. The number of hydrogen-bond acceptors (Lipinski definition) is 1. The standard InChI is InChI=1S/C10H8FN/c1-8-4-5-10(11)7-9(8)3-2-6-12/h2-5,7H,1H3. The van der Waals surface area contributed by atoms with Crippen LogP contribution in [0.2, 0.25) is 0 Å². The Labute approximate surface area is 70.8 Å². The molecule has 0 aromatic heterocycles. The van der Waals surface area contributed by atoms with E-state index >= 15 is 0 Å².